The number of hydrogen-bond donors (Lipinski definition) is 1. The Balaban J connectivity index is 1.87. The average molecular weight is 276 g/mol. The Kier molecular flexibility index (Phi) is 6.31. The maximum absolute atomic E-state index is 6.07. The largest absolute Gasteiger partial charge is 0.489 e. The van der Waals surface area contributed by atoms with Crippen LogP contribution in [0.4, 0.5) is 0 Å². The molecule has 1 heterocycles. The van der Waals surface area contributed by atoms with Crippen molar-refractivity contribution in [1.82, 2.24) is 10.3 Å². The highest BCUT2D eigenvalue weighted by Crippen LogP contribution is 2.23. The van der Waals surface area contributed by atoms with Gasteiger partial charge in [-0.2, -0.15) is 0 Å². The summed E-state index contributed by atoms with van der Waals surface area (Å²) in [4.78, 5) is 4.53. The molecule has 1 unspecified atom stereocenters. The summed E-state index contributed by atoms with van der Waals surface area (Å²) in [5, 5.41) is 3.45. The summed E-state index contributed by atoms with van der Waals surface area (Å²) >= 11 is 0. The smallest absolute Gasteiger partial charge is 0.138 e. The molecule has 1 atom stereocenters. The van der Waals surface area contributed by atoms with Gasteiger partial charge >= 0.3 is 0 Å². The van der Waals surface area contributed by atoms with Gasteiger partial charge < -0.3 is 10.1 Å². The Bertz CT molecular complexity index is 369. The Hall–Kier alpha value is -1.09. The van der Waals surface area contributed by atoms with Gasteiger partial charge in [0.05, 0.1) is 18.0 Å². The molecule has 0 spiro atoms. The van der Waals surface area contributed by atoms with Gasteiger partial charge in [0, 0.05) is 6.04 Å². The second-order valence-corrected chi connectivity index (χ2v) is 5.83. The van der Waals surface area contributed by atoms with E-state index in [9.17, 15) is 0 Å². The summed E-state index contributed by atoms with van der Waals surface area (Å²) in [5.41, 5.74) is 1.09. The van der Waals surface area contributed by atoms with Crippen LogP contribution in [0.2, 0.25) is 0 Å². The second kappa shape index (κ2) is 8.25. The summed E-state index contributed by atoms with van der Waals surface area (Å²) in [6.07, 6.45) is 11.1. The van der Waals surface area contributed by atoms with Crippen LogP contribution in [0.25, 0.3) is 0 Å². The number of nitrogens with one attached hydrogen (secondary N) is 1. The van der Waals surface area contributed by atoms with Crippen LogP contribution >= 0.6 is 0 Å². The highest BCUT2D eigenvalue weighted by atomic mass is 16.5. The van der Waals surface area contributed by atoms with Gasteiger partial charge in [0.2, 0.25) is 0 Å². The first kappa shape index (κ1) is 15.3. The lowest BCUT2D eigenvalue weighted by Gasteiger charge is -2.18. The molecule has 0 saturated heterocycles. The molecule has 0 aliphatic heterocycles. The van der Waals surface area contributed by atoms with Crippen molar-refractivity contribution in [2.24, 2.45) is 0 Å². The average Bonchev–Trinajstić information content (AvgIpc) is 2.74. The lowest BCUT2D eigenvalue weighted by Crippen LogP contribution is -2.20. The Morgan fingerprint density at radius 2 is 2.00 bits per heavy atom. The van der Waals surface area contributed by atoms with Crippen LogP contribution in [0.15, 0.2) is 18.3 Å². The van der Waals surface area contributed by atoms with Crippen molar-refractivity contribution in [2.75, 3.05) is 6.54 Å². The van der Waals surface area contributed by atoms with Crippen LogP contribution in [0.5, 0.6) is 5.75 Å². The molecular formula is C17H28N2O. The van der Waals surface area contributed by atoms with E-state index in [1.807, 2.05) is 6.20 Å². The molecule has 0 aromatic carbocycles. The Labute approximate surface area is 123 Å². The third-order valence-electron chi connectivity index (χ3n) is 4.01. The van der Waals surface area contributed by atoms with E-state index in [2.05, 4.69) is 36.3 Å². The van der Waals surface area contributed by atoms with Gasteiger partial charge in [0.1, 0.15) is 5.75 Å². The second-order valence-electron chi connectivity index (χ2n) is 5.83. The number of hydrogen-bond acceptors (Lipinski definition) is 3. The zero-order valence-electron chi connectivity index (χ0n) is 12.9. The summed E-state index contributed by atoms with van der Waals surface area (Å²) < 4.78 is 6.07. The Morgan fingerprint density at radius 3 is 2.60 bits per heavy atom. The van der Waals surface area contributed by atoms with Gasteiger partial charge in [0.15, 0.2) is 0 Å². The lowest BCUT2D eigenvalue weighted by atomic mass is 10.1. The maximum Gasteiger partial charge on any atom is 0.138 e. The molecule has 0 radical (unpaired) electrons. The molecule has 112 valence electrons. The fourth-order valence-corrected chi connectivity index (χ4v) is 2.74. The molecule has 1 fully saturated rings. The molecule has 0 amide bonds. The standard InChI is InChI=1S/C17H28N2O/c1-3-12-18-14(2)17-11-10-16(13-19-17)20-15-8-6-4-5-7-9-15/h10-11,13-15,18H,3-9,12H2,1-2H3. The first-order chi connectivity index (χ1) is 9.79. The Morgan fingerprint density at radius 1 is 1.25 bits per heavy atom. The van der Waals surface area contributed by atoms with Crippen LogP contribution in [0.1, 0.15) is 70.5 Å². The fraction of sp³-hybridized carbons (Fsp3) is 0.706. The van der Waals surface area contributed by atoms with Crippen molar-refractivity contribution in [3.8, 4) is 5.75 Å². The monoisotopic (exact) mass is 276 g/mol. The quantitative estimate of drug-likeness (QED) is 0.789. The van der Waals surface area contributed by atoms with Gasteiger partial charge in [-0.25, -0.2) is 0 Å². The zero-order valence-corrected chi connectivity index (χ0v) is 12.9. The fourth-order valence-electron chi connectivity index (χ4n) is 2.74. The third-order valence-corrected chi connectivity index (χ3v) is 4.01. The summed E-state index contributed by atoms with van der Waals surface area (Å²) in [6, 6.07) is 4.46. The summed E-state index contributed by atoms with van der Waals surface area (Å²) in [6.45, 7) is 5.36. The van der Waals surface area contributed by atoms with Gasteiger partial charge in [-0.05, 0) is 57.7 Å². The van der Waals surface area contributed by atoms with Crippen molar-refractivity contribution in [3.63, 3.8) is 0 Å². The molecule has 1 aliphatic carbocycles. The van der Waals surface area contributed by atoms with Gasteiger partial charge in [-0.15, -0.1) is 0 Å². The molecule has 1 aromatic heterocycles. The van der Waals surface area contributed by atoms with Crippen molar-refractivity contribution >= 4 is 0 Å². The van der Waals surface area contributed by atoms with Crippen LogP contribution in [0.3, 0.4) is 0 Å². The minimum atomic E-state index is 0.307. The predicted molar refractivity (Wildman–Crippen MR) is 83.1 cm³/mol. The van der Waals surface area contributed by atoms with Crippen molar-refractivity contribution in [3.05, 3.63) is 24.0 Å². The number of aromatic nitrogens is 1. The van der Waals surface area contributed by atoms with Crippen molar-refractivity contribution in [1.29, 1.82) is 0 Å². The van der Waals surface area contributed by atoms with Gasteiger partial charge in [-0.3, -0.25) is 4.98 Å². The first-order valence-electron chi connectivity index (χ1n) is 8.15. The number of pyridine rings is 1. The number of nitrogens with zero attached hydrogens (tertiary/aromatic N) is 1. The molecular weight excluding hydrogens is 248 g/mol. The van der Waals surface area contributed by atoms with Crippen molar-refractivity contribution < 1.29 is 4.74 Å². The van der Waals surface area contributed by atoms with E-state index in [-0.39, 0.29) is 0 Å². The zero-order chi connectivity index (χ0) is 14.2. The normalized spacial score (nSPS) is 18.5. The van der Waals surface area contributed by atoms with Gasteiger partial charge in [0.25, 0.3) is 0 Å². The van der Waals surface area contributed by atoms with Crippen LogP contribution in [-0.2, 0) is 0 Å². The van der Waals surface area contributed by atoms with E-state index in [1.54, 1.807) is 0 Å². The van der Waals surface area contributed by atoms with E-state index in [0.29, 0.717) is 12.1 Å². The first-order valence-corrected chi connectivity index (χ1v) is 8.15. The van der Waals surface area contributed by atoms with Crippen LogP contribution in [-0.4, -0.2) is 17.6 Å². The molecule has 0 bridgehead atoms. The molecule has 20 heavy (non-hydrogen) atoms. The van der Waals surface area contributed by atoms with Crippen LogP contribution in [0, 0.1) is 0 Å². The van der Waals surface area contributed by atoms with E-state index in [4.69, 9.17) is 4.74 Å². The molecule has 1 aliphatic rings. The minimum absolute atomic E-state index is 0.307. The highest BCUT2D eigenvalue weighted by molar-refractivity contribution is 5.21. The van der Waals surface area contributed by atoms with E-state index in [1.165, 1.54) is 38.5 Å². The van der Waals surface area contributed by atoms with E-state index >= 15 is 0 Å². The lowest BCUT2D eigenvalue weighted by molar-refractivity contribution is 0.183. The molecule has 1 N–H and O–H groups in total. The topological polar surface area (TPSA) is 34.1 Å². The summed E-state index contributed by atoms with van der Waals surface area (Å²) in [7, 11) is 0. The molecule has 3 nitrogen and oxygen atoms in total. The molecule has 3 heteroatoms. The van der Waals surface area contributed by atoms with Crippen molar-refractivity contribution in [2.45, 2.75) is 70.9 Å². The highest BCUT2D eigenvalue weighted by Gasteiger charge is 2.14. The molecule has 1 saturated carbocycles. The van der Waals surface area contributed by atoms with E-state index in [0.717, 1.165) is 24.4 Å². The molecule has 2 rings (SSSR count). The minimum Gasteiger partial charge on any atom is -0.489 e. The maximum atomic E-state index is 6.07. The predicted octanol–water partition coefficient (Wildman–Crippen LogP) is 4.24. The van der Waals surface area contributed by atoms with E-state index < -0.39 is 0 Å². The van der Waals surface area contributed by atoms with Crippen LogP contribution < -0.4 is 10.1 Å². The number of rotatable bonds is 6. The SMILES string of the molecule is CCCNC(C)c1ccc(OC2CCCCCC2)cn1. The third kappa shape index (κ3) is 4.78. The number of ether oxygens (including phenoxy) is 1. The molecule has 1 aromatic rings. The summed E-state index contributed by atoms with van der Waals surface area (Å²) in [5.74, 6) is 0.920. The van der Waals surface area contributed by atoms with Gasteiger partial charge in [-0.1, -0.05) is 19.8 Å².